The smallest absolute Gasteiger partial charge is 0.180 e. The fourth-order valence-corrected chi connectivity index (χ4v) is 9.93. The first-order chi connectivity index (χ1) is 15.4. The van der Waals surface area contributed by atoms with E-state index in [9.17, 15) is 9.90 Å². The topological polar surface area (TPSA) is 62.1 Å². The second-order valence-corrected chi connectivity index (χ2v) is 13.2. The maximum absolute atomic E-state index is 14.2. The number of ether oxygens (including phenoxy) is 1. The Bertz CT molecular complexity index is 856. The van der Waals surface area contributed by atoms with E-state index in [1.807, 2.05) is 6.92 Å². The van der Waals surface area contributed by atoms with E-state index < -0.39 is 0 Å². The third-order valence-electron chi connectivity index (χ3n) is 12.1. The largest absolute Gasteiger partial charge is 0.481 e. The molecule has 5 heteroatoms. The van der Waals surface area contributed by atoms with E-state index >= 15 is 0 Å². The molecular formula is C28H46N2O3. The summed E-state index contributed by atoms with van der Waals surface area (Å²) < 4.78 is 5.55. The number of hydrogen-bond donors (Lipinski definition) is 1. The van der Waals surface area contributed by atoms with Crippen LogP contribution in [0.1, 0.15) is 86.0 Å². The first-order valence-corrected chi connectivity index (χ1v) is 13.5. The van der Waals surface area contributed by atoms with Crippen molar-refractivity contribution in [1.29, 1.82) is 0 Å². The fraction of sp³-hybridized carbons (Fsp3) is 0.929. The standard InChI is InChI=1S/C28H46N2O3/c1-17-8-9-22-25(4)14-21(31)24(18(2)30(6)7)26(25,5)15-23(32)28(22)16-27(17,28)12-10-20-11-13-33-19(3)29-20/h17-18,20-22,24,31H,8-16H2,1-7H3/t17?,18-,20?,21+,22?,24?,25-,26?,27?,28?/m0/s1. The molecule has 1 spiro atoms. The van der Waals surface area contributed by atoms with Gasteiger partial charge < -0.3 is 14.7 Å². The van der Waals surface area contributed by atoms with Gasteiger partial charge >= 0.3 is 0 Å². The Hall–Kier alpha value is -0.940. The third kappa shape index (κ3) is 2.96. The Morgan fingerprint density at radius 1 is 1.21 bits per heavy atom. The van der Waals surface area contributed by atoms with E-state index in [0.717, 1.165) is 51.0 Å². The van der Waals surface area contributed by atoms with Crippen molar-refractivity contribution in [3.8, 4) is 0 Å². The van der Waals surface area contributed by atoms with Gasteiger partial charge in [-0.25, -0.2) is 0 Å². The first-order valence-electron chi connectivity index (χ1n) is 13.5. The van der Waals surface area contributed by atoms with Gasteiger partial charge in [-0.15, -0.1) is 0 Å². The highest BCUT2D eigenvalue weighted by Gasteiger charge is 2.83. The molecule has 0 amide bonds. The summed E-state index contributed by atoms with van der Waals surface area (Å²) in [6.07, 6.45) is 7.78. The molecular weight excluding hydrogens is 412 g/mol. The summed E-state index contributed by atoms with van der Waals surface area (Å²) in [5, 5.41) is 11.4. The quantitative estimate of drug-likeness (QED) is 0.648. The molecule has 1 aliphatic heterocycles. The van der Waals surface area contributed by atoms with Gasteiger partial charge in [-0.3, -0.25) is 9.79 Å². The number of hydrogen-bond acceptors (Lipinski definition) is 5. The predicted octanol–water partition coefficient (Wildman–Crippen LogP) is 4.71. The van der Waals surface area contributed by atoms with Gasteiger partial charge in [-0.2, -0.15) is 0 Å². The molecule has 186 valence electrons. The van der Waals surface area contributed by atoms with Gasteiger partial charge in [0.15, 0.2) is 5.90 Å². The fourth-order valence-electron chi connectivity index (χ4n) is 9.93. The molecule has 1 N–H and O–H groups in total. The summed E-state index contributed by atoms with van der Waals surface area (Å²) in [5.74, 6) is 2.49. The van der Waals surface area contributed by atoms with Crippen molar-refractivity contribution in [2.75, 3.05) is 20.7 Å². The minimum atomic E-state index is -0.326. The number of carbonyl (C=O) groups is 1. The Morgan fingerprint density at radius 2 is 1.94 bits per heavy atom. The zero-order valence-electron chi connectivity index (χ0n) is 22.0. The summed E-state index contributed by atoms with van der Waals surface area (Å²) in [6.45, 7) is 12.2. The second kappa shape index (κ2) is 7.53. The first kappa shape index (κ1) is 23.8. The highest BCUT2D eigenvalue weighted by atomic mass is 16.5. The van der Waals surface area contributed by atoms with Crippen molar-refractivity contribution in [2.45, 2.75) is 104 Å². The van der Waals surface area contributed by atoms with Crippen LogP contribution in [0.3, 0.4) is 0 Å². The minimum Gasteiger partial charge on any atom is -0.481 e. The molecule has 0 saturated heterocycles. The number of fused-ring (bicyclic) bond motifs is 2. The van der Waals surface area contributed by atoms with Crippen LogP contribution >= 0.6 is 0 Å². The van der Waals surface area contributed by atoms with E-state index in [0.29, 0.717) is 30.1 Å². The van der Waals surface area contributed by atoms with E-state index in [-0.39, 0.29) is 39.7 Å². The third-order valence-corrected chi connectivity index (χ3v) is 12.1. The molecule has 4 aliphatic carbocycles. The summed E-state index contributed by atoms with van der Waals surface area (Å²) in [6, 6.07) is 0.603. The second-order valence-electron chi connectivity index (χ2n) is 13.2. The highest BCUT2D eigenvalue weighted by Crippen LogP contribution is 2.85. The normalized spacial score (nSPS) is 51.8. The van der Waals surface area contributed by atoms with Crippen molar-refractivity contribution >= 4 is 11.7 Å². The van der Waals surface area contributed by atoms with E-state index in [1.54, 1.807) is 0 Å². The Kier molecular flexibility index (Phi) is 5.43. The molecule has 10 atom stereocenters. The van der Waals surface area contributed by atoms with Crippen LogP contribution < -0.4 is 0 Å². The summed E-state index contributed by atoms with van der Waals surface area (Å²) in [4.78, 5) is 21.2. The van der Waals surface area contributed by atoms with Crippen LogP contribution in [-0.4, -0.2) is 60.6 Å². The monoisotopic (exact) mass is 458 g/mol. The Morgan fingerprint density at radius 3 is 2.61 bits per heavy atom. The molecule has 1 heterocycles. The van der Waals surface area contributed by atoms with Crippen molar-refractivity contribution in [2.24, 2.45) is 44.4 Å². The lowest BCUT2D eigenvalue weighted by molar-refractivity contribution is -0.161. The van der Waals surface area contributed by atoms with E-state index in [1.165, 1.54) is 6.42 Å². The Labute approximate surface area is 200 Å². The number of aliphatic hydroxyl groups is 1. The van der Waals surface area contributed by atoms with Crippen molar-refractivity contribution in [3.63, 3.8) is 0 Å². The van der Waals surface area contributed by atoms with E-state index in [2.05, 4.69) is 46.7 Å². The lowest BCUT2D eigenvalue weighted by Crippen LogP contribution is -2.59. The number of nitrogens with zero attached hydrogens (tertiary/aromatic N) is 2. The van der Waals surface area contributed by atoms with Crippen LogP contribution in [0.15, 0.2) is 4.99 Å². The van der Waals surface area contributed by atoms with Crippen LogP contribution in [0.4, 0.5) is 0 Å². The van der Waals surface area contributed by atoms with Crippen LogP contribution in [0.25, 0.3) is 0 Å². The molecule has 33 heavy (non-hydrogen) atoms. The zero-order valence-corrected chi connectivity index (χ0v) is 22.0. The van der Waals surface area contributed by atoms with Gasteiger partial charge in [0.05, 0.1) is 18.8 Å². The number of aliphatic hydroxyl groups excluding tert-OH is 1. The molecule has 7 unspecified atom stereocenters. The molecule has 4 fully saturated rings. The Balaban J connectivity index is 1.47. The number of carbonyl (C=O) groups excluding carboxylic acids is 1. The van der Waals surface area contributed by atoms with Gasteiger partial charge in [0.1, 0.15) is 5.78 Å². The highest BCUT2D eigenvalue weighted by molar-refractivity contribution is 5.92. The van der Waals surface area contributed by atoms with Gasteiger partial charge in [0.25, 0.3) is 0 Å². The summed E-state index contributed by atoms with van der Waals surface area (Å²) in [5.41, 5.74) is -0.126. The van der Waals surface area contributed by atoms with Crippen molar-refractivity contribution < 1.29 is 14.6 Å². The minimum absolute atomic E-state index is 0.0184. The number of aliphatic imine (C=N–C) groups is 1. The number of Topliss-reactive ketones (excluding diaryl/α,β-unsaturated/α-hetero) is 1. The summed E-state index contributed by atoms with van der Waals surface area (Å²) in [7, 11) is 4.22. The number of rotatable bonds is 5. The molecule has 0 bridgehead atoms. The lowest BCUT2D eigenvalue weighted by atomic mass is 9.44. The average Bonchev–Trinajstić information content (AvgIpc) is 3.38. The van der Waals surface area contributed by atoms with Gasteiger partial charge in [0, 0.05) is 37.1 Å². The maximum Gasteiger partial charge on any atom is 0.180 e. The van der Waals surface area contributed by atoms with Gasteiger partial charge in [-0.1, -0.05) is 20.8 Å². The molecule has 5 aliphatic rings. The molecule has 4 saturated carbocycles. The van der Waals surface area contributed by atoms with Crippen LogP contribution in [0, 0.1) is 39.4 Å². The van der Waals surface area contributed by atoms with Crippen molar-refractivity contribution in [3.05, 3.63) is 0 Å². The van der Waals surface area contributed by atoms with Crippen LogP contribution in [0.5, 0.6) is 0 Å². The molecule has 0 radical (unpaired) electrons. The van der Waals surface area contributed by atoms with Crippen LogP contribution in [0.2, 0.25) is 0 Å². The average molecular weight is 459 g/mol. The SMILES string of the molecule is CC1=NC(CCC23CC24C(=O)CC2(C)C([C@H](C)N(C)C)[C@H](O)C[C@@]2(C)C4CCC3C)CCO1. The maximum atomic E-state index is 14.2. The number of ketones is 1. The lowest BCUT2D eigenvalue weighted by Gasteiger charge is -2.59. The van der Waals surface area contributed by atoms with Crippen molar-refractivity contribution in [1.82, 2.24) is 4.90 Å². The zero-order chi connectivity index (χ0) is 24.0. The van der Waals surface area contributed by atoms with Gasteiger partial charge in [-0.05, 0) is 87.6 Å². The summed E-state index contributed by atoms with van der Waals surface area (Å²) >= 11 is 0. The predicted molar refractivity (Wildman–Crippen MR) is 131 cm³/mol. The van der Waals surface area contributed by atoms with Crippen LogP contribution in [-0.2, 0) is 9.53 Å². The molecule has 5 rings (SSSR count). The van der Waals surface area contributed by atoms with Gasteiger partial charge in [0.2, 0.25) is 0 Å². The molecule has 5 nitrogen and oxygen atoms in total. The molecule has 0 aromatic carbocycles. The molecule has 0 aromatic heterocycles. The molecule has 0 aromatic rings. The van der Waals surface area contributed by atoms with E-state index in [4.69, 9.17) is 9.73 Å².